The molecule has 73 heavy (non-hydrogen) atoms. The summed E-state index contributed by atoms with van der Waals surface area (Å²) < 4.78 is 2.50. The van der Waals surface area contributed by atoms with Crippen molar-refractivity contribution in [2.45, 2.75) is 0 Å². The Morgan fingerprint density at radius 2 is 0.575 bits per heavy atom. The van der Waals surface area contributed by atoms with Gasteiger partial charge in [-0.3, -0.25) is 4.98 Å². The number of thiophene rings is 1. The first-order valence-electron chi connectivity index (χ1n) is 24.9. The number of nitrogens with zero attached hydrogens (tertiary/aromatic N) is 2. The molecule has 0 saturated heterocycles. The van der Waals surface area contributed by atoms with Crippen molar-refractivity contribution in [2.75, 3.05) is 0 Å². The maximum Gasteiger partial charge on any atom is 0.0979 e. The summed E-state index contributed by atoms with van der Waals surface area (Å²) in [7, 11) is 0. The SMILES string of the molecule is c1ccc(-c2cccc(-c3cc(-c4cccc(-c5ccccc5)c4)c4sc5c(-c6cccc(-c7cnc8c9ccccc9c9ccccc9c8n7)c6)cc(-c6cccc(-c7ccccc7)c6)cc5c4c3)c2)cc1. The van der Waals surface area contributed by atoms with Crippen LogP contribution in [0.5, 0.6) is 0 Å². The van der Waals surface area contributed by atoms with Gasteiger partial charge < -0.3 is 0 Å². The summed E-state index contributed by atoms with van der Waals surface area (Å²) in [6.07, 6.45) is 1.95. The van der Waals surface area contributed by atoms with E-state index in [0.717, 1.165) is 38.6 Å². The zero-order chi connectivity index (χ0) is 48.2. The van der Waals surface area contributed by atoms with Gasteiger partial charge in [-0.2, -0.15) is 0 Å². The summed E-state index contributed by atoms with van der Waals surface area (Å²) in [5.41, 5.74) is 20.3. The molecule has 2 aromatic heterocycles. The normalized spacial score (nSPS) is 11.6. The lowest BCUT2D eigenvalue weighted by Gasteiger charge is -2.13. The molecule has 2 heterocycles. The van der Waals surface area contributed by atoms with Crippen molar-refractivity contribution in [1.82, 2.24) is 9.97 Å². The highest BCUT2D eigenvalue weighted by Crippen LogP contribution is 2.49. The second-order valence-electron chi connectivity index (χ2n) is 18.9. The third-order valence-electron chi connectivity index (χ3n) is 14.5. The standard InChI is InChI=1S/C70H44N2S/c1-4-18-45(19-5-1)48-24-14-27-51(36-48)56-40-62(53-29-16-26-50(38-53)47-22-8-3-9-23-47)69-64(42-56)65-43-57(52-28-15-25-49(37-52)46-20-6-2-7-21-46)41-63(70(65)73-69)54-30-17-31-55(39-54)66-44-71-67-60-34-12-10-32-58(60)59-33-11-13-35-61(59)68(67)72-66/h1-44H. The van der Waals surface area contributed by atoms with Crippen LogP contribution in [0.1, 0.15) is 0 Å². The van der Waals surface area contributed by atoms with Crippen LogP contribution in [0.4, 0.5) is 0 Å². The van der Waals surface area contributed by atoms with E-state index in [1.807, 2.05) is 17.5 Å². The summed E-state index contributed by atoms with van der Waals surface area (Å²) in [5, 5.41) is 7.06. The highest BCUT2D eigenvalue weighted by Gasteiger charge is 2.20. The molecule has 340 valence electrons. The molecule has 0 spiro atoms. The van der Waals surface area contributed by atoms with Crippen molar-refractivity contribution >= 4 is 64.1 Å². The minimum atomic E-state index is 0.844. The lowest BCUT2D eigenvalue weighted by molar-refractivity contribution is 1.31. The van der Waals surface area contributed by atoms with Crippen LogP contribution in [-0.4, -0.2) is 9.97 Å². The van der Waals surface area contributed by atoms with Gasteiger partial charge in [-0.1, -0.05) is 212 Å². The molecular weight excluding hydrogens is 901 g/mol. The number of benzene rings is 12. The largest absolute Gasteiger partial charge is 0.252 e. The van der Waals surface area contributed by atoms with E-state index in [0.29, 0.717) is 0 Å². The van der Waals surface area contributed by atoms with Gasteiger partial charge in [-0.25, -0.2) is 4.98 Å². The zero-order valence-corrected chi connectivity index (χ0v) is 40.5. The average Bonchev–Trinajstić information content (AvgIpc) is 3.86. The molecule has 14 aromatic rings. The van der Waals surface area contributed by atoms with Gasteiger partial charge in [0.15, 0.2) is 0 Å². The van der Waals surface area contributed by atoms with E-state index in [4.69, 9.17) is 9.97 Å². The topological polar surface area (TPSA) is 25.8 Å². The van der Waals surface area contributed by atoms with E-state index >= 15 is 0 Å². The van der Waals surface area contributed by atoms with E-state index in [1.165, 1.54) is 103 Å². The first-order chi connectivity index (χ1) is 36.2. The van der Waals surface area contributed by atoms with Crippen LogP contribution in [0.15, 0.2) is 267 Å². The molecule has 0 saturated carbocycles. The van der Waals surface area contributed by atoms with Gasteiger partial charge in [0.1, 0.15) is 0 Å². The molecule has 0 bridgehead atoms. The molecule has 0 atom stereocenters. The predicted molar refractivity (Wildman–Crippen MR) is 311 cm³/mol. The van der Waals surface area contributed by atoms with Gasteiger partial charge in [0.05, 0.1) is 22.9 Å². The van der Waals surface area contributed by atoms with Gasteiger partial charge in [0, 0.05) is 47.6 Å². The molecule has 3 heteroatoms. The molecule has 0 N–H and O–H groups in total. The van der Waals surface area contributed by atoms with Crippen LogP contribution < -0.4 is 0 Å². The number of hydrogen-bond donors (Lipinski definition) is 0. The number of fused-ring (bicyclic) bond motifs is 9. The Balaban J connectivity index is 1.01. The minimum absolute atomic E-state index is 0.844. The fourth-order valence-corrected chi connectivity index (χ4v) is 12.2. The van der Waals surface area contributed by atoms with E-state index in [9.17, 15) is 0 Å². The van der Waals surface area contributed by atoms with Crippen molar-refractivity contribution in [1.29, 1.82) is 0 Å². The van der Waals surface area contributed by atoms with E-state index in [-0.39, 0.29) is 0 Å². The maximum atomic E-state index is 5.44. The van der Waals surface area contributed by atoms with E-state index < -0.39 is 0 Å². The van der Waals surface area contributed by atoms with Gasteiger partial charge in [0.2, 0.25) is 0 Å². The molecule has 0 aliphatic rings. The fraction of sp³-hybridized carbons (Fsp3) is 0. The third kappa shape index (κ3) is 7.66. The van der Waals surface area contributed by atoms with Crippen LogP contribution in [0, 0.1) is 0 Å². The molecule has 0 fully saturated rings. The molecular formula is C70H44N2S. The molecule has 0 aliphatic heterocycles. The van der Waals surface area contributed by atoms with Gasteiger partial charge in [0.25, 0.3) is 0 Å². The molecule has 14 rings (SSSR count). The van der Waals surface area contributed by atoms with Gasteiger partial charge in [-0.15, -0.1) is 11.3 Å². The molecule has 12 aromatic carbocycles. The average molecular weight is 945 g/mol. The summed E-state index contributed by atoms with van der Waals surface area (Å²) >= 11 is 1.89. The maximum absolute atomic E-state index is 5.44. The van der Waals surface area contributed by atoms with E-state index in [1.54, 1.807) is 0 Å². The number of hydrogen-bond acceptors (Lipinski definition) is 3. The zero-order valence-electron chi connectivity index (χ0n) is 39.7. The Bertz CT molecular complexity index is 4390. The first-order valence-corrected chi connectivity index (χ1v) is 25.7. The minimum Gasteiger partial charge on any atom is -0.252 e. The quantitative estimate of drug-likeness (QED) is 0.142. The Hall–Kier alpha value is -9.28. The molecule has 0 aliphatic carbocycles. The van der Waals surface area contributed by atoms with Crippen LogP contribution >= 0.6 is 11.3 Å². The Morgan fingerprint density at radius 1 is 0.233 bits per heavy atom. The highest BCUT2D eigenvalue weighted by atomic mass is 32.1. The summed E-state index contributed by atoms with van der Waals surface area (Å²) in [5.74, 6) is 0. The molecule has 0 amide bonds. The van der Waals surface area contributed by atoms with Gasteiger partial charge >= 0.3 is 0 Å². The Labute approximate surface area is 427 Å². The summed E-state index contributed by atoms with van der Waals surface area (Å²) in [6, 6.07) is 94.9. The third-order valence-corrected chi connectivity index (χ3v) is 15.7. The Morgan fingerprint density at radius 3 is 1.04 bits per heavy atom. The number of aromatic nitrogens is 2. The molecule has 2 nitrogen and oxygen atoms in total. The fourth-order valence-electron chi connectivity index (χ4n) is 10.9. The summed E-state index contributed by atoms with van der Waals surface area (Å²) in [4.78, 5) is 10.6. The molecule has 0 unspecified atom stereocenters. The predicted octanol–water partition coefficient (Wildman–Crippen LogP) is 19.6. The Kier molecular flexibility index (Phi) is 10.4. The highest BCUT2D eigenvalue weighted by molar-refractivity contribution is 7.27. The lowest BCUT2D eigenvalue weighted by Crippen LogP contribution is -1.92. The molecule has 0 radical (unpaired) electrons. The second-order valence-corrected chi connectivity index (χ2v) is 19.9. The van der Waals surface area contributed by atoms with Gasteiger partial charge in [-0.05, 0) is 126 Å². The second kappa shape index (κ2) is 17.8. The van der Waals surface area contributed by atoms with Crippen LogP contribution in [-0.2, 0) is 0 Å². The van der Waals surface area contributed by atoms with E-state index in [2.05, 4.69) is 261 Å². The van der Waals surface area contributed by atoms with Crippen LogP contribution in [0.2, 0.25) is 0 Å². The van der Waals surface area contributed by atoms with Crippen LogP contribution in [0.3, 0.4) is 0 Å². The van der Waals surface area contributed by atoms with Crippen molar-refractivity contribution in [3.8, 4) is 89.1 Å². The van der Waals surface area contributed by atoms with Crippen molar-refractivity contribution in [3.05, 3.63) is 267 Å². The van der Waals surface area contributed by atoms with Crippen molar-refractivity contribution in [3.63, 3.8) is 0 Å². The number of rotatable bonds is 8. The lowest BCUT2D eigenvalue weighted by atomic mass is 9.91. The van der Waals surface area contributed by atoms with Crippen LogP contribution in [0.25, 0.3) is 142 Å². The summed E-state index contributed by atoms with van der Waals surface area (Å²) in [6.45, 7) is 0. The monoisotopic (exact) mass is 944 g/mol. The smallest absolute Gasteiger partial charge is 0.0979 e. The first kappa shape index (κ1) is 42.6. The van der Waals surface area contributed by atoms with Crippen molar-refractivity contribution in [2.24, 2.45) is 0 Å². The van der Waals surface area contributed by atoms with Crippen molar-refractivity contribution < 1.29 is 0 Å².